The van der Waals surface area contributed by atoms with E-state index in [2.05, 4.69) is 34.7 Å². The lowest BCUT2D eigenvalue weighted by atomic mass is 10.2. The van der Waals surface area contributed by atoms with Gasteiger partial charge in [0.05, 0.1) is 23.8 Å². The van der Waals surface area contributed by atoms with Crippen molar-refractivity contribution in [2.45, 2.75) is 26.5 Å². The van der Waals surface area contributed by atoms with E-state index in [1.165, 1.54) is 0 Å². The minimum atomic E-state index is 0.531. The van der Waals surface area contributed by atoms with Gasteiger partial charge in [-0.3, -0.25) is 4.98 Å². The zero-order chi connectivity index (χ0) is 21.8. The van der Waals surface area contributed by atoms with Gasteiger partial charge in [0.1, 0.15) is 36.1 Å². The maximum atomic E-state index is 6.00. The predicted octanol–water partition coefficient (Wildman–Crippen LogP) is 5.80. The van der Waals surface area contributed by atoms with Crippen LogP contribution in [0.2, 0.25) is 0 Å². The number of fused-ring (bicyclic) bond motifs is 3. The highest BCUT2D eigenvalue weighted by molar-refractivity contribution is 6.02. The zero-order valence-corrected chi connectivity index (χ0v) is 18.1. The molecule has 2 heterocycles. The second kappa shape index (κ2) is 9.10. The Bertz CT molecular complexity index is 1330. The lowest BCUT2D eigenvalue weighted by molar-refractivity contribution is 0.298. The molecule has 0 saturated carbocycles. The van der Waals surface area contributed by atoms with Gasteiger partial charge in [0.15, 0.2) is 0 Å². The van der Waals surface area contributed by atoms with Gasteiger partial charge < -0.3 is 14.0 Å². The fourth-order valence-electron chi connectivity index (χ4n) is 3.96. The van der Waals surface area contributed by atoms with E-state index in [4.69, 9.17) is 14.5 Å². The third-order valence-corrected chi connectivity index (χ3v) is 5.52. The Labute approximate surface area is 187 Å². The van der Waals surface area contributed by atoms with Crippen molar-refractivity contribution in [2.75, 3.05) is 6.61 Å². The lowest BCUT2D eigenvalue weighted by Gasteiger charge is -2.12. The molecule has 0 saturated heterocycles. The van der Waals surface area contributed by atoms with Crippen LogP contribution in [0, 0.1) is 0 Å². The number of para-hydroxylation sites is 1. The molecule has 0 amide bonds. The number of ether oxygens (including phenoxy) is 2. The van der Waals surface area contributed by atoms with Crippen molar-refractivity contribution in [3.8, 4) is 11.5 Å². The highest BCUT2D eigenvalue weighted by atomic mass is 16.5. The van der Waals surface area contributed by atoms with Gasteiger partial charge in [-0.15, -0.1) is 0 Å². The van der Waals surface area contributed by atoms with Gasteiger partial charge >= 0.3 is 0 Å². The molecule has 5 aromatic rings. The average molecular weight is 424 g/mol. The topological polar surface area (TPSA) is 49.2 Å². The van der Waals surface area contributed by atoms with Gasteiger partial charge in [-0.2, -0.15) is 0 Å². The first-order valence-corrected chi connectivity index (χ1v) is 10.9. The van der Waals surface area contributed by atoms with E-state index in [1.54, 1.807) is 0 Å². The first kappa shape index (κ1) is 20.1. The molecule has 0 aliphatic carbocycles. The second-order valence-electron chi connectivity index (χ2n) is 7.64. The highest BCUT2D eigenvalue weighted by Crippen LogP contribution is 2.28. The van der Waals surface area contributed by atoms with Crippen molar-refractivity contribution in [3.63, 3.8) is 0 Å². The summed E-state index contributed by atoms with van der Waals surface area (Å²) >= 11 is 0. The molecule has 5 nitrogen and oxygen atoms in total. The van der Waals surface area contributed by atoms with Crippen LogP contribution in [-0.2, 0) is 19.6 Å². The fourth-order valence-corrected chi connectivity index (χ4v) is 3.96. The Balaban J connectivity index is 1.43. The number of rotatable bonds is 8. The van der Waals surface area contributed by atoms with Gasteiger partial charge in [-0.1, -0.05) is 55.5 Å². The molecular formula is C27H25N3O2. The number of aryl methyl sites for hydroxylation is 1. The van der Waals surface area contributed by atoms with E-state index in [0.717, 1.165) is 57.8 Å². The van der Waals surface area contributed by atoms with Gasteiger partial charge in [0.25, 0.3) is 0 Å². The van der Waals surface area contributed by atoms with Crippen molar-refractivity contribution in [3.05, 3.63) is 96.4 Å². The van der Waals surface area contributed by atoms with Crippen LogP contribution >= 0.6 is 0 Å². The molecule has 5 rings (SSSR count). The molecule has 2 aromatic heterocycles. The third kappa shape index (κ3) is 4.14. The number of nitrogens with zero attached hydrogens (tertiary/aromatic N) is 3. The summed E-state index contributed by atoms with van der Waals surface area (Å²) in [6, 6.07) is 26.2. The molecule has 5 heteroatoms. The van der Waals surface area contributed by atoms with Crippen LogP contribution in [0.15, 0.2) is 85.1 Å². The third-order valence-electron chi connectivity index (χ3n) is 5.52. The van der Waals surface area contributed by atoms with Crippen LogP contribution in [0.3, 0.4) is 0 Å². The van der Waals surface area contributed by atoms with E-state index in [0.29, 0.717) is 13.2 Å². The Morgan fingerprint density at radius 1 is 0.812 bits per heavy atom. The van der Waals surface area contributed by atoms with Crippen LogP contribution in [0.25, 0.3) is 21.9 Å². The number of aromatic nitrogens is 3. The second-order valence-corrected chi connectivity index (χ2v) is 7.64. The fraction of sp³-hybridized carbons (Fsp3) is 0.185. The summed E-state index contributed by atoms with van der Waals surface area (Å²) in [6.45, 7) is 3.95. The minimum Gasteiger partial charge on any atom is -0.492 e. The van der Waals surface area contributed by atoms with E-state index in [9.17, 15) is 0 Å². The van der Waals surface area contributed by atoms with Gasteiger partial charge in [-0.05, 0) is 29.8 Å². The molecule has 0 aliphatic rings. The van der Waals surface area contributed by atoms with Crippen molar-refractivity contribution in [1.29, 1.82) is 0 Å². The summed E-state index contributed by atoms with van der Waals surface area (Å²) < 4.78 is 14.2. The molecule has 0 spiro atoms. The number of imidazole rings is 1. The summed E-state index contributed by atoms with van der Waals surface area (Å²) in [5, 5.41) is 1.07. The average Bonchev–Trinajstić information content (AvgIpc) is 3.22. The van der Waals surface area contributed by atoms with Crippen LogP contribution in [-0.4, -0.2) is 21.1 Å². The normalized spacial score (nSPS) is 11.2. The van der Waals surface area contributed by atoms with Crippen molar-refractivity contribution in [2.24, 2.45) is 0 Å². The van der Waals surface area contributed by atoms with E-state index >= 15 is 0 Å². The van der Waals surface area contributed by atoms with Crippen LogP contribution in [0.4, 0.5) is 0 Å². The predicted molar refractivity (Wildman–Crippen MR) is 127 cm³/mol. The SMILES string of the molecule is CCc1nc2cnc3cc(OCc4ccccc4)ccc3c2n1CCOc1ccccc1. The molecule has 160 valence electrons. The molecule has 0 bridgehead atoms. The number of hydrogen-bond acceptors (Lipinski definition) is 4. The van der Waals surface area contributed by atoms with E-state index < -0.39 is 0 Å². The smallest absolute Gasteiger partial charge is 0.122 e. The molecule has 3 aromatic carbocycles. The summed E-state index contributed by atoms with van der Waals surface area (Å²) in [6.07, 6.45) is 2.70. The molecular weight excluding hydrogens is 398 g/mol. The number of hydrogen-bond donors (Lipinski definition) is 0. The summed E-state index contributed by atoms with van der Waals surface area (Å²) in [7, 11) is 0. The lowest BCUT2D eigenvalue weighted by Crippen LogP contribution is -2.11. The Morgan fingerprint density at radius 3 is 2.38 bits per heavy atom. The number of pyridine rings is 1. The van der Waals surface area contributed by atoms with Crippen molar-refractivity contribution < 1.29 is 9.47 Å². The van der Waals surface area contributed by atoms with Crippen LogP contribution in [0.1, 0.15) is 18.3 Å². The molecule has 0 fully saturated rings. The minimum absolute atomic E-state index is 0.531. The maximum Gasteiger partial charge on any atom is 0.122 e. The van der Waals surface area contributed by atoms with E-state index in [-0.39, 0.29) is 0 Å². The molecule has 0 unspecified atom stereocenters. The first-order valence-electron chi connectivity index (χ1n) is 10.9. The van der Waals surface area contributed by atoms with Crippen LogP contribution in [0.5, 0.6) is 11.5 Å². The molecule has 0 N–H and O–H groups in total. The van der Waals surface area contributed by atoms with Crippen LogP contribution < -0.4 is 9.47 Å². The summed E-state index contributed by atoms with van der Waals surface area (Å²) in [5.74, 6) is 2.72. The van der Waals surface area contributed by atoms with Crippen molar-refractivity contribution >= 4 is 21.9 Å². The van der Waals surface area contributed by atoms with E-state index in [1.807, 2.05) is 66.9 Å². The molecule has 0 atom stereocenters. The Kier molecular flexibility index (Phi) is 5.71. The summed E-state index contributed by atoms with van der Waals surface area (Å²) in [4.78, 5) is 9.47. The monoisotopic (exact) mass is 423 g/mol. The zero-order valence-electron chi connectivity index (χ0n) is 18.1. The number of benzene rings is 3. The molecule has 32 heavy (non-hydrogen) atoms. The van der Waals surface area contributed by atoms with Gasteiger partial charge in [0.2, 0.25) is 0 Å². The maximum absolute atomic E-state index is 6.00. The Hall–Kier alpha value is -3.86. The largest absolute Gasteiger partial charge is 0.492 e. The van der Waals surface area contributed by atoms with Gasteiger partial charge in [0, 0.05) is 17.9 Å². The standard InChI is InChI=1S/C27H25N3O2/c1-2-26-29-25-18-28-24-17-22(32-19-20-9-5-3-6-10-20)13-14-23(24)27(25)30(26)15-16-31-21-11-7-4-8-12-21/h3-14,17-18H,2,15-16,19H2,1H3. The van der Waals surface area contributed by atoms with Crippen molar-refractivity contribution in [1.82, 2.24) is 14.5 Å². The quantitative estimate of drug-likeness (QED) is 0.316. The molecule has 0 aliphatic heterocycles. The Morgan fingerprint density at radius 2 is 1.59 bits per heavy atom. The summed E-state index contributed by atoms with van der Waals surface area (Å²) in [5.41, 5.74) is 4.04. The highest BCUT2D eigenvalue weighted by Gasteiger charge is 2.14. The first-order chi connectivity index (χ1) is 15.8. The molecule has 0 radical (unpaired) electrons. The van der Waals surface area contributed by atoms with Gasteiger partial charge in [-0.25, -0.2) is 4.98 Å².